The Kier molecular flexibility index (Phi) is 4.44. The summed E-state index contributed by atoms with van der Waals surface area (Å²) < 4.78 is 5.53. The molecule has 0 heterocycles. The SMILES string of the molecule is CCC#CCOc1ccc(-c2ccccc2)cc1. The van der Waals surface area contributed by atoms with Crippen LogP contribution in [0.1, 0.15) is 13.3 Å². The number of rotatable bonds is 3. The van der Waals surface area contributed by atoms with E-state index in [-0.39, 0.29) is 0 Å². The highest BCUT2D eigenvalue weighted by molar-refractivity contribution is 5.63. The van der Waals surface area contributed by atoms with Gasteiger partial charge in [-0.3, -0.25) is 0 Å². The second-order valence-electron chi connectivity index (χ2n) is 3.89. The Balaban J connectivity index is 2.02. The predicted molar refractivity (Wildman–Crippen MR) is 75.4 cm³/mol. The quantitative estimate of drug-likeness (QED) is 0.727. The summed E-state index contributed by atoms with van der Waals surface area (Å²) >= 11 is 0. The lowest BCUT2D eigenvalue weighted by Crippen LogP contribution is -1.93. The molecule has 0 aliphatic heterocycles. The van der Waals surface area contributed by atoms with Gasteiger partial charge in [-0.15, -0.1) is 5.92 Å². The lowest BCUT2D eigenvalue weighted by molar-refractivity contribution is 0.370. The van der Waals surface area contributed by atoms with Gasteiger partial charge in [0.05, 0.1) is 0 Å². The van der Waals surface area contributed by atoms with E-state index in [4.69, 9.17) is 4.74 Å². The fourth-order valence-corrected chi connectivity index (χ4v) is 1.67. The van der Waals surface area contributed by atoms with Crippen molar-refractivity contribution >= 4 is 0 Å². The third-order valence-electron chi connectivity index (χ3n) is 2.57. The Morgan fingerprint density at radius 1 is 0.833 bits per heavy atom. The van der Waals surface area contributed by atoms with Gasteiger partial charge in [-0.05, 0) is 23.3 Å². The van der Waals surface area contributed by atoms with Gasteiger partial charge < -0.3 is 4.74 Å². The van der Waals surface area contributed by atoms with Crippen LogP contribution in [0, 0.1) is 11.8 Å². The van der Waals surface area contributed by atoms with Gasteiger partial charge >= 0.3 is 0 Å². The monoisotopic (exact) mass is 236 g/mol. The minimum Gasteiger partial charge on any atom is -0.481 e. The van der Waals surface area contributed by atoms with Crippen LogP contribution in [0.5, 0.6) is 5.75 Å². The molecule has 90 valence electrons. The van der Waals surface area contributed by atoms with Gasteiger partial charge in [-0.2, -0.15) is 0 Å². The van der Waals surface area contributed by atoms with Crippen LogP contribution in [-0.2, 0) is 0 Å². The van der Waals surface area contributed by atoms with E-state index in [0.717, 1.165) is 12.2 Å². The first-order valence-corrected chi connectivity index (χ1v) is 6.14. The molecule has 0 saturated heterocycles. The van der Waals surface area contributed by atoms with E-state index in [1.165, 1.54) is 11.1 Å². The fraction of sp³-hybridized carbons (Fsp3) is 0.176. The summed E-state index contributed by atoms with van der Waals surface area (Å²) in [5.74, 6) is 6.80. The Hall–Kier alpha value is -2.20. The summed E-state index contributed by atoms with van der Waals surface area (Å²) in [4.78, 5) is 0. The van der Waals surface area contributed by atoms with Crippen molar-refractivity contribution < 1.29 is 4.74 Å². The second-order valence-corrected chi connectivity index (χ2v) is 3.89. The molecule has 2 rings (SSSR count). The van der Waals surface area contributed by atoms with Crippen molar-refractivity contribution in [1.82, 2.24) is 0 Å². The summed E-state index contributed by atoms with van der Waals surface area (Å²) in [6.45, 7) is 2.49. The van der Waals surface area contributed by atoms with E-state index in [1.54, 1.807) is 0 Å². The number of ether oxygens (including phenoxy) is 1. The van der Waals surface area contributed by atoms with E-state index >= 15 is 0 Å². The van der Waals surface area contributed by atoms with Crippen molar-refractivity contribution in [3.05, 3.63) is 54.6 Å². The molecule has 0 N–H and O–H groups in total. The molecule has 0 fully saturated rings. The maximum absolute atomic E-state index is 5.53. The third kappa shape index (κ3) is 3.40. The van der Waals surface area contributed by atoms with Gasteiger partial charge in [0.15, 0.2) is 0 Å². The number of hydrogen-bond donors (Lipinski definition) is 0. The molecule has 0 aromatic heterocycles. The van der Waals surface area contributed by atoms with Gasteiger partial charge in [-0.1, -0.05) is 55.3 Å². The lowest BCUT2D eigenvalue weighted by atomic mass is 10.1. The van der Waals surface area contributed by atoms with Crippen LogP contribution in [-0.4, -0.2) is 6.61 Å². The molecule has 1 heteroatoms. The topological polar surface area (TPSA) is 9.23 Å². The van der Waals surface area contributed by atoms with Crippen molar-refractivity contribution in [2.45, 2.75) is 13.3 Å². The molecular formula is C17H16O. The zero-order valence-electron chi connectivity index (χ0n) is 10.5. The predicted octanol–water partition coefficient (Wildman–Crippen LogP) is 4.15. The average Bonchev–Trinajstić information content (AvgIpc) is 2.45. The maximum atomic E-state index is 5.53. The van der Waals surface area contributed by atoms with Gasteiger partial charge in [0, 0.05) is 6.42 Å². The Morgan fingerprint density at radius 3 is 2.17 bits per heavy atom. The molecule has 0 amide bonds. The van der Waals surface area contributed by atoms with Gasteiger partial charge in [0.1, 0.15) is 12.4 Å². The van der Waals surface area contributed by atoms with E-state index in [0.29, 0.717) is 6.61 Å². The smallest absolute Gasteiger partial charge is 0.149 e. The average molecular weight is 236 g/mol. The molecule has 0 atom stereocenters. The first kappa shape index (κ1) is 12.3. The number of hydrogen-bond acceptors (Lipinski definition) is 1. The molecule has 18 heavy (non-hydrogen) atoms. The van der Waals surface area contributed by atoms with Crippen LogP contribution in [0.25, 0.3) is 11.1 Å². The first-order chi connectivity index (χ1) is 8.90. The lowest BCUT2D eigenvalue weighted by Gasteiger charge is -2.04. The minimum atomic E-state index is 0.457. The van der Waals surface area contributed by atoms with Crippen molar-refractivity contribution in [2.24, 2.45) is 0 Å². The standard InChI is InChI=1S/C17H16O/c1-2-3-7-14-18-17-12-10-16(11-13-17)15-8-5-4-6-9-15/h4-6,8-13H,2,14H2,1H3. The molecule has 0 aliphatic rings. The van der Waals surface area contributed by atoms with Crippen LogP contribution >= 0.6 is 0 Å². The molecule has 0 aliphatic carbocycles. The Labute approximate surface area is 108 Å². The highest BCUT2D eigenvalue weighted by atomic mass is 16.5. The molecule has 0 unspecified atom stereocenters. The molecule has 0 bridgehead atoms. The van der Waals surface area contributed by atoms with Crippen molar-refractivity contribution in [1.29, 1.82) is 0 Å². The summed E-state index contributed by atoms with van der Waals surface area (Å²) in [5, 5.41) is 0. The highest BCUT2D eigenvalue weighted by Gasteiger charge is 1.97. The normalized spacial score (nSPS) is 9.39. The fourth-order valence-electron chi connectivity index (χ4n) is 1.67. The zero-order chi connectivity index (χ0) is 12.6. The van der Waals surface area contributed by atoms with Crippen LogP contribution in [0.15, 0.2) is 54.6 Å². The van der Waals surface area contributed by atoms with E-state index in [9.17, 15) is 0 Å². The first-order valence-electron chi connectivity index (χ1n) is 6.14. The number of benzene rings is 2. The van der Waals surface area contributed by atoms with E-state index < -0.39 is 0 Å². The second kappa shape index (κ2) is 6.51. The molecule has 0 spiro atoms. The third-order valence-corrected chi connectivity index (χ3v) is 2.57. The van der Waals surface area contributed by atoms with Crippen LogP contribution in [0.4, 0.5) is 0 Å². The van der Waals surface area contributed by atoms with Crippen LogP contribution < -0.4 is 4.74 Å². The van der Waals surface area contributed by atoms with Crippen molar-refractivity contribution in [2.75, 3.05) is 6.61 Å². The van der Waals surface area contributed by atoms with Gasteiger partial charge in [0.2, 0.25) is 0 Å². The zero-order valence-corrected chi connectivity index (χ0v) is 10.5. The Morgan fingerprint density at radius 2 is 1.50 bits per heavy atom. The largest absolute Gasteiger partial charge is 0.481 e. The van der Waals surface area contributed by atoms with Crippen LogP contribution in [0.3, 0.4) is 0 Å². The van der Waals surface area contributed by atoms with E-state index in [1.807, 2.05) is 37.3 Å². The molecule has 2 aromatic rings. The summed E-state index contributed by atoms with van der Waals surface area (Å²) in [6, 6.07) is 18.4. The maximum Gasteiger partial charge on any atom is 0.149 e. The molecular weight excluding hydrogens is 220 g/mol. The highest BCUT2D eigenvalue weighted by Crippen LogP contribution is 2.21. The van der Waals surface area contributed by atoms with Crippen molar-refractivity contribution in [3.63, 3.8) is 0 Å². The van der Waals surface area contributed by atoms with Gasteiger partial charge in [0.25, 0.3) is 0 Å². The van der Waals surface area contributed by atoms with E-state index in [2.05, 4.69) is 36.1 Å². The molecule has 1 nitrogen and oxygen atoms in total. The summed E-state index contributed by atoms with van der Waals surface area (Å²) in [6.07, 6.45) is 0.871. The summed E-state index contributed by atoms with van der Waals surface area (Å²) in [5.41, 5.74) is 2.41. The van der Waals surface area contributed by atoms with Crippen molar-refractivity contribution in [3.8, 4) is 28.7 Å². The van der Waals surface area contributed by atoms with Crippen LogP contribution in [0.2, 0.25) is 0 Å². The minimum absolute atomic E-state index is 0.457. The molecule has 0 saturated carbocycles. The summed E-state index contributed by atoms with van der Waals surface area (Å²) in [7, 11) is 0. The molecule has 2 aromatic carbocycles. The van der Waals surface area contributed by atoms with Gasteiger partial charge in [-0.25, -0.2) is 0 Å². The Bertz CT molecular complexity index is 529. The molecule has 0 radical (unpaired) electrons.